The molecule has 1 unspecified atom stereocenters. The van der Waals surface area contributed by atoms with Crippen molar-refractivity contribution in [1.82, 2.24) is 0 Å². The zero-order valence-electron chi connectivity index (χ0n) is 19.5. The van der Waals surface area contributed by atoms with Gasteiger partial charge in [0.25, 0.3) is 0 Å². The third-order valence-electron chi connectivity index (χ3n) is 8.47. The van der Waals surface area contributed by atoms with Gasteiger partial charge >= 0.3 is 11.9 Å². The Morgan fingerprint density at radius 2 is 2.00 bits per heavy atom. The van der Waals surface area contributed by atoms with Gasteiger partial charge in [0.2, 0.25) is 0 Å². The third-order valence-corrected chi connectivity index (χ3v) is 8.47. The van der Waals surface area contributed by atoms with Crippen molar-refractivity contribution < 1.29 is 29.3 Å². The van der Waals surface area contributed by atoms with Crippen LogP contribution in [0.1, 0.15) is 56.3 Å². The van der Waals surface area contributed by atoms with Crippen LogP contribution < -0.4 is 0 Å². The van der Waals surface area contributed by atoms with Gasteiger partial charge in [-0.15, -0.1) is 0 Å². The standard InChI is InChI=1S/C27H34O6/c1-17-9-12-22-26(2,14-13-23(29)27(22,3)16-28)20(17)11-10-19-21(15-32-25(19)31)33-24(30)18-7-5-4-6-8-18/h4-8,10,20-23,28-29H,1,9,11-16H2,2-3H3/t20-,21+,22?,23+,26+,27-/m0/s1. The maximum Gasteiger partial charge on any atom is 0.338 e. The minimum Gasteiger partial charge on any atom is -0.458 e. The van der Waals surface area contributed by atoms with Crippen molar-refractivity contribution in [1.29, 1.82) is 0 Å². The molecule has 2 saturated carbocycles. The molecule has 6 heteroatoms. The Bertz CT molecular complexity index is 953. The molecule has 6 atom stereocenters. The first kappa shape index (κ1) is 23.7. The lowest BCUT2D eigenvalue weighted by atomic mass is 9.46. The number of benzene rings is 1. The Morgan fingerprint density at radius 1 is 1.27 bits per heavy atom. The topological polar surface area (TPSA) is 93.1 Å². The van der Waals surface area contributed by atoms with E-state index in [1.165, 1.54) is 0 Å². The minimum atomic E-state index is -0.735. The number of ether oxygens (including phenoxy) is 2. The average molecular weight is 455 g/mol. The van der Waals surface area contributed by atoms with E-state index in [0.29, 0.717) is 24.0 Å². The van der Waals surface area contributed by atoms with E-state index in [9.17, 15) is 19.8 Å². The summed E-state index contributed by atoms with van der Waals surface area (Å²) in [5.41, 5.74) is 1.22. The van der Waals surface area contributed by atoms with E-state index < -0.39 is 29.6 Å². The fourth-order valence-corrected chi connectivity index (χ4v) is 6.42. The van der Waals surface area contributed by atoms with Crippen LogP contribution >= 0.6 is 0 Å². The predicted octanol–water partition coefficient (Wildman–Crippen LogP) is 3.83. The lowest BCUT2D eigenvalue weighted by molar-refractivity contribution is -0.151. The van der Waals surface area contributed by atoms with E-state index in [1.807, 2.05) is 19.1 Å². The molecule has 0 amide bonds. The lowest BCUT2D eigenvalue weighted by Gasteiger charge is -2.59. The molecule has 2 N–H and O–H groups in total. The number of aliphatic hydroxyl groups excluding tert-OH is 2. The molecule has 1 aromatic carbocycles. The Morgan fingerprint density at radius 3 is 2.70 bits per heavy atom. The number of carbonyl (C=O) groups excluding carboxylic acids is 2. The highest BCUT2D eigenvalue weighted by Crippen LogP contribution is 2.61. The van der Waals surface area contributed by atoms with E-state index in [4.69, 9.17) is 9.47 Å². The van der Waals surface area contributed by atoms with Gasteiger partial charge < -0.3 is 19.7 Å². The summed E-state index contributed by atoms with van der Waals surface area (Å²) in [7, 11) is 0. The summed E-state index contributed by atoms with van der Waals surface area (Å²) in [6.45, 7) is 8.51. The first-order valence-corrected chi connectivity index (χ1v) is 11.8. The van der Waals surface area contributed by atoms with Gasteiger partial charge in [-0.25, -0.2) is 9.59 Å². The smallest absolute Gasteiger partial charge is 0.338 e. The molecular formula is C27H34O6. The van der Waals surface area contributed by atoms with Crippen molar-refractivity contribution in [3.63, 3.8) is 0 Å². The molecule has 1 aromatic rings. The van der Waals surface area contributed by atoms with Crippen LogP contribution in [0.4, 0.5) is 0 Å². The van der Waals surface area contributed by atoms with Crippen LogP contribution in [0.5, 0.6) is 0 Å². The van der Waals surface area contributed by atoms with Crippen LogP contribution in [0.2, 0.25) is 0 Å². The lowest BCUT2D eigenvalue weighted by Crippen LogP contribution is -2.57. The van der Waals surface area contributed by atoms with Gasteiger partial charge in [0.1, 0.15) is 6.61 Å². The molecule has 33 heavy (non-hydrogen) atoms. The number of hydrogen-bond acceptors (Lipinski definition) is 6. The van der Waals surface area contributed by atoms with Crippen molar-refractivity contribution in [3.05, 3.63) is 59.7 Å². The van der Waals surface area contributed by atoms with Crippen molar-refractivity contribution in [2.45, 2.75) is 58.2 Å². The first-order chi connectivity index (χ1) is 15.7. The Balaban J connectivity index is 1.55. The SMILES string of the molecule is C=C1CCC2[C@](C)(CO)[C@H](O)CC[C@]2(C)[C@H]1CC=C1C(=O)OC[C@H]1OC(=O)c1ccccc1. The molecule has 0 bridgehead atoms. The number of allylic oxidation sites excluding steroid dienone is 2. The predicted molar refractivity (Wildman–Crippen MR) is 123 cm³/mol. The highest BCUT2D eigenvalue weighted by molar-refractivity contribution is 5.94. The summed E-state index contributed by atoms with van der Waals surface area (Å²) in [6.07, 6.45) is 4.33. The van der Waals surface area contributed by atoms with Crippen molar-refractivity contribution >= 4 is 11.9 Å². The van der Waals surface area contributed by atoms with Crippen LogP contribution in [0.3, 0.4) is 0 Å². The summed E-state index contributed by atoms with van der Waals surface area (Å²) < 4.78 is 10.8. The molecule has 2 aliphatic carbocycles. The number of carbonyl (C=O) groups is 2. The fraction of sp³-hybridized carbons (Fsp3) is 0.556. The van der Waals surface area contributed by atoms with E-state index in [2.05, 4.69) is 13.5 Å². The molecule has 0 aromatic heterocycles. The van der Waals surface area contributed by atoms with Gasteiger partial charge in [-0.3, -0.25) is 0 Å². The summed E-state index contributed by atoms with van der Waals surface area (Å²) in [4.78, 5) is 24.9. The zero-order valence-corrected chi connectivity index (χ0v) is 19.5. The Labute approximate surface area is 195 Å². The van der Waals surface area contributed by atoms with Crippen LogP contribution in [0, 0.1) is 22.7 Å². The van der Waals surface area contributed by atoms with E-state index in [-0.39, 0.29) is 30.5 Å². The average Bonchev–Trinajstić information content (AvgIpc) is 3.15. The van der Waals surface area contributed by atoms with E-state index in [0.717, 1.165) is 24.8 Å². The number of esters is 2. The largest absolute Gasteiger partial charge is 0.458 e. The molecule has 3 aliphatic rings. The van der Waals surface area contributed by atoms with Crippen LogP contribution in [0.15, 0.2) is 54.1 Å². The van der Waals surface area contributed by atoms with Gasteiger partial charge in [0.15, 0.2) is 6.10 Å². The molecule has 1 aliphatic heterocycles. The molecule has 1 saturated heterocycles. The Kier molecular flexibility index (Phi) is 6.52. The first-order valence-electron chi connectivity index (χ1n) is 11.8. The molecule has 1 heterocycles. The number of aliphatic hydroxyl groups is 2. The van der Waals surface area contributed by atoms with Gasteiger partial charge in [-0.2, -0.15) is 0 Å². The normalized spacial score (nSPS) is 37.5. The van der Waals surface area contributed by atoms with Crippen molar-refractivity contribution in [3.8, 4) is 0 Å². The number of rotatable bonds is 5. The molecule has 4 rings (SSSR count). The maximum atomic E-state index is 12.5. The van der Waals surface area contributed by atoms with Gasteiger partial charge in [-0.05, 0) is 61.5 Å². The maximum absolute atomic E-state index is 12.5. The third kappa shape index (κ3) is 4.15. The summed E-state index contributed by atoms with van der Waals surface area (Å²) in [5, 5.41) is 20.9. The molecule has 6 nitrogen and oxygen atoms in total. The molecule has 3 fully saturated rings. The summed E-state index contributed by atoms with van der Waals surface area (Å²) >= 11 is 0. The molecule has 0 radical (unpaired) electrons. The van der Waals surface area contributed by atoms with E-state index in [1.54, 1.807) is 24.3 Å². The van der Waals surface area contributed by atoms with Crippen LogP contribution in [-0.4, -0.2) is 47.6 Å². The second-order valence-electron chi connectivity index (χ2n) is 10.3. The second-order valence-corrected chi connectivity index (χ2v) is 10.3. The summed E-state index contributed by atoms with van der Waals surface area (Å²) in [5.74, 6) is -0.696. The molecular weight excluding hydrogens is 420 g/mol. The zero-order chi connectivity index (χ0) is 23.8. The monoisotopic (exact) mass is 454 g/mol. The quantitative estimate of drug-likeness (QED) is 0.399. The summed E-state index contributed by atoms with van der Waals surface area (Å²) in [6, 6.07) is 8.69. The van der Waals surface area contributed by atoms with Crippen LogP contribution in [-0.2, 0) is 14.3 Å². The molecule has 178 valence electrons. The second kappa shape index (κ2) is 9.07. The van der Waals surface area contributed by atoms with Gasteiger partial charge in [0.05, 0.1) is 23.8 Å². The van der Waals surface area contributed by atoms with Gasteiger partial charge in [-0.1, -0.05) is 50.3 Å². The van der Waals surface area contributed by atoms with Crippen molar-refractivity contribution in [2.24, 2.45) is 22.7 Å². The minimum absolute atomic E-state index is 0.0174. The number of hydrogen-bond donors (Lipinski definition) is 2. The van der Waals surface area contributed by atoms with Crippen molar-refractivity contribution in [2.75, 3.05) is 13.2 Å². The fourth-order valence-electron chi connectivity index (χ4n) is 6.42. The van der Waals surface area contributed by atoms with Crippen LogP contribution in [0.25, 0.3) is 0 Å². The number of cyclic esters (lactones) is 1. The Hall–Kier alpha value is -2.44. The highest BCUT2D eigenvalue weighted by Gasteiger charge is 2.57. The highest BCUT2D eigenvalue weighted by atomic mass is 16.6. The molecule has 0 spiro atoms. The van der Waals surface area contributed by atoms with Gasteiger partial charge in [0, 0.05) is 5.41 Å². The van der Waals surface area contributed by atoms with E-state index >= 15 is 0 Å². The number of fused-ring (bicyclic) bond motifs is 1.